The van der Waals surface area contributed by atoms with Gasteiger partial charge in [0.05, 0.1) is 12.5 Å². The average Bonchev–Trinajstić information content (AvgIpc) is 2.74. The fourth-order valence-corrected chi connectivity index (χ4v) is 1.73. The van der Waals surface area contributed by atoms with E-state index in [0.29, 0.717) is 6.04 Å². The van der Waals surface area contributed by atoms with Gasteiger partial charge in [0.2, 0.25) is 0 Å². The fraction of sp³-hybridized carbons (Fsp3) is 0.692. The second-order valence-corrected chi connectivity index (χ2v) is 4.58. The first-order valence-corrected chi connectivity index (χ1v) is 6.11. The zero-order chi connectivity index (χ0) is 11.8. The largest absolute Gasteiger partial charge is 0.472 e. The fourth-order valence-electron chi connectivity index (χ4n) is 1.73. The van der Waals surface area contributed by atoms with Crippen LogP contribution in [0, 0.1) is 0 Å². The van der Waals surface area contributed by atoms with Crippen LogP contribution in [0.3, 0.4) is 0 Å². The summed E-state index contributed by atoms with van der Waals surface area (Å²) in [6.07, 6.45) is 7.01. The molecule has 0 aliphatic carbocycles. The van der Waals surface area contributed by atoms with E-state index in [2.05, 4.69) is 37.3 Å². The molecule has 0 bridgehead atoms. The van der Waals surface area contributed by atoms with E-state index in [1.807, 2.05) is 6.26 Å². The maximum Gasteiger partial charge on any atom is 0.0935 e. The van der Waals surface area contributed by atoms with Crippen LogP contribution in [0.15, 0.2) is 23.0 Å². The highest BCUT2D eigenvalue weighted by Crippen LogP contribution is 2.07. The van der Waals surface area contributed by atoms with Gasteiger partial charge >= 0.3 is 0 Å². The Hall–Kier alpha value is -0.800. The van der Waals surface area contributed by atoms with Gasteiger partial charge in [0.15, 0.2) is 0 Å². The zero-order valence-electron chi connectivity index (χ0n) is 10.7. The number of nitrogens with one attached hydrogen (secondary N) is 1. The van der Waals surface area contributed by atoms with Gasteiger partial charge in [0.25, 0.3) is 0 Å². The molecule has 1 N–H and O–H groups in total. The maximum atomic E-state index is 5.11. The van der Waals surface area contributed by atoms with Crippen LogP contribution in [0.4, 0.5) is 0 Å². The number of rotatable bonds is 8. The van der Waals surface area contributed by atoms with E-state index in [9.17, 15) is 0 Å². The SMILES string of the molecule is CCCNC(CCN(C)C)Cc1ccoc1. The van der Waals surface area contributed by atoms with Crippen LogP contribution in [-0.4, -0.2) is 38.1 Å². The highest BCUT2D eigenvalue weighted by Gasteiger charge is 2.09. The minimum absolute atomic E-state index is 0.556. The predicted octanol–water partition coefficient (Wildman–Crippen LogP) is 2.14. The van der Waals surface area contributed by atoms with Gasteiger partial charge in [-0.25, -0.2) is 0 Å². The van der Waals surface area contributed by atoms with Crippen molar-refractivity contribution < 1.29 is 4.42 Å². The summed E-state index contributed by atoms with van der Waals surface area (Å²) < 4.78 is 5.11. The van der Waals surface area contributed by atoms with Crippen molar-refractivity contribution in [2.75, 3.05) is 27.2 Å². The van der Waals surface area contributed by atoms with Gasteiger partial charge < -0.3 is 14.6 Å². The normalized spacial score (nSPS) is 13.2. The molecule has 0 aromatic carbocycles. The number of furan rings is 1. The van der Waals surface area contributed by atoms with Crippen molar-refractivity contribution >= 4 is 0 Å². The molecule has 1 rings (SSSR count). The molecule has 3 nitrogen and oxygen atoms in total. The highest BCUT2D eigenvalue weighted by atomic mass is 16.3. The molecule has 0 amide bonds. The van der Waals surface area contributed by atoms with Gasteiger partial charge in [-0.1, -0.05) is 6.92 Å². The van der Waals surface area contributed by atoms with Crippen LogP contribution in [-0.2, 0) is 6.42 Å². The van der Waals surface area contributed by atoms with Crippen molar-refractivity contribution in [3.05, 3.63) is 24.2 Å². The van der Waals surface area contributed by atoms with Gasteiger partial charge in [0.1, 0.15) is 0 Å². The topological polar surface area (TPSA) is 28.4 Å². The molecule has 1 unspecified atom stereocenters. The van der Waals surface area contributed by atoms with Crippen LogP contribution < -0.4 is 5.32 Å². The quantitative estimate of drug-likeness (QED) is 0.733. The highest BCUT2D eigenvalue weighted by molar-refractivity contribution is 5.07. The third-order valence-electron chi connectivity index (χ3n) is 2.67. The Balaban J connectivity index is 2.36. The van der Waals surface area contributed by atoms with Crippen LogP contribution in [0.25, 0.3) is 0 Å². The lowest BCUT2D eigenvalue weighted by molar-refractivity contribution is 0.356. The molecule has 3 heteroatoms. The van der Waals surface area contributed by atoms with E-state index in [4.69, 9.17) is 4.42 Å². The summed E-state index contributed by atoms with van der Waals surface area (Å²) in [5.74, 6) is 0. The van der Waals surface area contributed by atoms with Crippen molar-refractivity contribution in [2.45, 2.75) is 32.2 Å². The standard InChI is InChI=1S/C13H24N2O/c1-4-7-14-13(5-8-15(2)3)10-12-6-9-16-11-12/h6,9,11,13-14H,4-5,7-8,10H2,1-3H3. The minimum atomic E-state index is 0.556. The Morgan fingerprint density at radius 1 is 1.44 bits per heavy atom. The number of nitrogens with zero attached hydrogens (tertiary/aromatic N) is 1. The lowest BCUT2D eigenvalue weighted by Crippen LogP contribution is -2.34. The van der Waals surface area contributed by atoms with Crippen molar-refractivity contribution in [1.29, 1.82) is 0 Å². The molecule has 0 spiro atoms. The lowest BCUT2D eigenvalue weighted by atomic mass is 10.1. The maximum absolute atomic E-state index is 5.11. The van der Waals surface area contributed by atoms with E-state index in [1.54, 1.807) is 6.26 Å². The molecular formula is C13H24N2O. The number of hydrogen-bond donors (Lipinski definition) is 1. The molecule has 0 fully saturated rings. The molecule has 0 aliphatic rings. The van der Waals surface area contributed by atoms with E-state index in [-0.39, 0.29) is 0 Å². The van der Waals surface area contributed by atoms with Crippen molar-refractivity contribution in [2.24, 2.45) is 0 Å². The van der Waals surface area contributed by atoms with E-state index < -0.39 is 0 Å². The molecule has 16 heavy (non-hydrogen) atoms. The molecular weight excluding hydrogens is 200 g/mol. The molecule has 0 radical (unpaired) electrons. The summed E-state index contributed by atoms with van der Waals surface area (Å²) in [5, 5.41) is 3.59. The molecule has 1 atom stereocenters. The third kappa shape index (κ3) is 5.33. The first-order valence-electron chi connectivity index (χ1n) is 6.11. The summed E-state index contributed by atoms with van der Waals surface area (Å²) in [4.78, 5) is 2.23. The van der Waals surface area contributed by atoms with Gasteiger partial charge in [-0.15, -0.1) is 0 Å². The van der Waals surface area contributed by atoms with E-state index in [1.165, 1.54) is 18.4 Å². The zero-order valence-corrected chi connectivity index (χ0v) is 10.7. The summed E-state index contributed by atoms with van der Waals surface area (Å²) in [6, 6.07) is 2.61. The van der Waals surface area contributed by atoms with Gasteiger partial charge in [-0.3, -0.25) is 0 Å². The second kappa shape index (κ2) is 7.47. The van der Waals surface area contributed by atoms with Crippen LogP contribution >= 0.6 is 0 Å². The second-order valence-electron chi connectivity index (χ2n) is 4.58. The molecule has 1 heterocycles. The summed E-state index contributed by atoms with van der Waals surface area (Å²) >= 11 is 0. The number of hydrogen-bond acceptors (Lipinski definition) is 3. The Kier molecular flexibility index (Phi) is 6.19. The summed E-state index contributed by atoms with van der Waals surface area (Å²) in [6.45, 7) is 4.42. The van der Waals surface area contributed by atoms with Gasteiger partial charge in [-0.05, 0) is 58.1 Å². The van der Waals surface area contributed by atoms with Crippen LogP contribution in [0.2, 0.25) is 0 Å². The molecule has 1 aromatic rings. The molecule has 92 valence electrons. The molecule has 0 aliphatic heterocycles. The smallest absolute Gasteiger partial charge is 0.0935 e. The first kappa shape index (κ1) is 13.3. The lowest BCUT2D eigenvalue weighted by Gasteiger charge is -2.20. The van der Waals surface area contributed by atoms with Crippen LogP contribution in [0.1, 0.15) is 25.3 Å². The molecule has 1 aromatic heterocycles. The predicted molar refractivity (Wildman–Crippen MR) is 67.7 cm³/mol. The van der Waals surface area contributed by atoms with E-state index >= 15 is 0 Å². The summed E-state index contributed by atoms with van der Waals surface area (Å²) in [5.41, 5.74) is 1.28. The Bertz CT molecular complexity index is 257. The monoisotopic (exact) mass is 224 g/mol. The van der Waals surface area contributed by atoms with Gasteiger partial charge in [0, 0.05) is 6.04 Å². The van der Waals surface area contributed by atoms with Crippen LogP contribution in [0.5, 0.6) is 0 Å². The van der Waals surface area contributed by atoms with E-state index in [0.717, 1.165) is 19.5 Å². The van der Waals surface area contributed by atoms with Crippen molar-refractivity contribution in [1.82, 2.24) is 10.2 Å². The Morgan fingerprint density at radius 3 is 2.81 bits per heavy atom. The minimum Gasteiger partial charge on any atom is -0.472 e. The molecule has 0 saturated carbocycles. The van der Waals surface area contributed by atoms with Crippen molar-refractivity contribution in [3.8, 4) is 0 Å². The first-order chi connectivity index (χ1) is 7.72. The van der Waals surface area contributed by atoms with Crippen molar-refractivity contribution in [3.63, 3.8) is 0 Å². The third-order valence-corrected chi connectivity index (χ3v) is 2.67. The summed E-state index contributed by atoms with van der Waals surface area (Å²) in [7, 11) is 4.24. The average molecular weight is 224 g/mol. The Labute approximate surface area is 98.8 Å². The Morgan fingerprint density at radius 2 is 2.25 bits per heavy atom. The van der Waals surface area contributed by atoms with Gasteiger partial charge in [-0.2, -0.15) is 0 Å². The molecule has 0 saturated heterocycles.